The van der Waals surface area contributed by atoms with Crippen molar-refractivity contribution in [1.29, 1.82) is 0 Å². The fourth-order valence-corrected chi connectivity index (χ4v) is 3.97. The van der Waals surface area contributed by atoms with E-state index in [-0.39, 0.29) is 11.4 Å². The summed E-state index contributed by atoms with van der Waals surface area (Å²) in [5, 5.41) is 13.8. The number of benzene rings is 2. The Hall–Kier alpha value is -3.06. The van der Waals surface area contributed by atoms with Crippen molar-refractivity contribution in [2.45, 2.75) is 26.2 Å². The molecule has 1 aliphatic heterocycles. The average molecular weight is 426 g/mol. The van der Waals surface area contributed by atoms with Crippen molar-refractivity contribution >= 4 is 22.3 Å². The fourth-order valence-electron chi connectivity index (χ4n) is 3.97. The first-order chi connectivity index (χ1) is 15.1. The number of nitrogens with one attached hydrogen (secondary N) is 1. The molecule has 7 heteroatoms. The standard InChI is InChI=1S/C24H28FN3O3/c1-16-14-18(25)20(15-21(16)29)27-19-8-9-26-23-17(19)6-7-22(24(23)30-2)31-13-5-12-28-10-3-4-11-28/h6-9,14-15,29H,3-5,10-13H2,1-2H3,(H,26,27). The summed E-state index contributed by atoms with van der Waals surface area (Å²) in [6, 6.07) is 8.18. The zero-order valence-corrected chi connectivity index (χ0v) is 17.9. The Morgan fingerprint density at radius 3 is 2.74 bits per heavy atom. The zero-order valence-electron chi connectivity index (χ0n) is 17.9. The molecule has 2 aromatic carbocycles. The van der Waals surface area contributed by atoms with Gasteiger partial charge in [0.2, 0.25) is 0 Å². The lowest BCUT2D eigenvalue weighted by atomic mass is 10.1. The third kappa shape index (κ3) is 4.66. The Balaban J connectivity index is 1.54. The van der Waals surface area contributed by atoms with E-state index in [9.17, 15) is 9.50 Å². The van der Waals surface area contributed by atoms with Crippen molar-refractivity contribution in [3.63, 3.8) is 0 Å². The number of hydrogen-bond acceptors (Lipinski definition) is 6. The lowest BCUT2D eigenvalue weighted by Crippen LogP contribution is -2.21. The quantitative estimate of drug-likeness (QED) is 0.495. The Morgan fingerprint density at radius 2 is 1.97 bits per heavy atom. The summed E-state index contributed by atoms with van der Waals surface area (Å²) in [7, 11) is 1.59. The molecule has 2 heterocycles. The second-order valence-corrected chi connectivity index (χ2v) is 7.85. The van der Waals surface area contributed by atoms with Gasteiger partial charge in [-0.15, -0.1) is 0 Å². The topological polar surface area (TPSA) is 66.9 Å². The Bertz CT molecular complexity index is 1070. The summed E-state index contributed by atoms with van der Waals surface area (Å²) >= 11 is 0. The minimum absolute atomic E-state index is 0.0319. The van der Waals surface area contributed by atoms with E-state index in [0.717, 1.165) is 18.4 Å². The number of hydrogen-bond donors (Lipinski definition) is 2. The van der Waals surface area contributed by atoms with Gasteiger partial charge in [-0.1, -0.05) is 0 Å². The van der Waals surface area contributed by atoms with E-state index in [4.69, 9.17) is 9.47 Å². The van der Waals surface area contributed by atoms with Crippen molar-refractivity contribution in [2.75, 3.05) is 38.7 Å². The summed E-state index contributed by atoms with van der Waals surface area (Å²) < 4.78 is 26.0. The number of phenols is 1. The maximum atomic E-state index is 14.4. The molecular weight excluding hydrogens is 397 g/mol. The molecule has 0 aliphatic carbocycles. The molecule has 164 valence electrons. The van der Waals surface area contributed by atoms with Gasteiger partial charge < -0.3 is 24.8 Å². The van der Waals surface area contributed by atoms with E-state index < -0.39 is 5.82 Å². The number of ether oxygens (including phenoxy) is 2. The molecule has 0 unspecified atom stereocenters. The van der Waals surface area contributed by atoms with Gasteiger partial charge >= 0.3 is 0 Å². The van der Waals surface area contributed by atoms with Gasteiger partial charge in [0.15, 0.2) is 11.5 Å². The van der Waals surface area contributed by atoms with Gasteiger partial charge in [0.25, 0.3) is 0 Å². The Morgan fingerprint density at radius 1 is 1.16 bits per heavy atom. The molecule has 0 bridgehead atoms. The lowest BCUT2D eigenvalue weighted by molar-refractivity contribution is 0.255. The highest BCUT2D eigenvalue weighted by atomic mass is 19.1. The molecule has 1 aromatic heterocycles. The molecule has 0 atom stereocenters. The Kier molecular flexibility index (Phi) is 6.42. The first-order valence-corrected chi connectivity index (χ1v) is 10.6. The van der Waals surface area contributed by atoms with Crippen LogP contribution >= 0.6 is 0 Å². The molecule has 4 rings (SSSR count). The van der Waals surface area contributed by atoms with Crippen molar-refractivity contribution in [3.8, 4) is 17.2 Å². The minimum Gasteiger partial charge on any atom is -0.508 e. The van der Waals surface area contributed by atoms with E-state index in [1.807, 2.05) is 12.1 Å². The highest BCUT2D eigenvalue weighted by molar-refractivity contribution is 5.97. The van der Waals surface area contributed by atoms with Crippen LogP contribution in [0.5, 0.6) is 17.2 Å². The van der Waals surface area contributed by atoms with Crippen LogP contribution in [0.15, 0.2) is 36.5 Å². The van der Waals surface area contributed by atoms with Gasteiger partial charge in [-0.25, -0.2) is 4.39 Å². The summed E-state index contributed by atoms with van der Waals surface area (Å²) in [5.41, 5.74) is 1.96. The number of phenolic OH excluding ortho intramolecular Hbond substituents is 1. The van der Waals surface area contributed by atoms with Gasteiger partial charge in [-0.3, -0.25) is 4.98 Å². The molecule has 0 amide bonds. The number of nitrogens with zero attached hydrogens (tertiary/aromatic N) is 2. The molecule has 0 saturated carbocycles. The fraction of sp³-hybridized carbons (Fsp3) is 0.375. The van der Waals surface area contributed by atoms with Crippen molar-refractivity contribution in [2.24, 2.45) is 0 Å². The number of aromatic nitrogens is 1. The number of halogens is 1. The third-order valence-corrected chi connectivity index (χ3v) is 5.66. The smallest absolute Gasteiger partial charge is 0.187 e. The normalized spacial score (nSPS) is 14.2. The predicted molar refractivity (Wildman–Crippen MR) is 120 cm³/mol. The van der Waals surface area contributed by atoms with Gasteiger partial charge in [0.05, 0.1) is 19.4 Å². The number of likely N-dealkylation sites (tertiary alicyclic amines) is 1. The van der Waals surface area contributed by atoms with Gasteiger partial charge in [-0.2, -0.15) is 0 Å². The summed E-state index contributed by atoms with van der Waals surface area (Å²) in [6.07, 6.45) is 5.16. The third-order valence-electron chi connectivity index (χ3n) is 5.66. The maximum Gasteiger partial charge on any atom is 0.187 e. The van der Waals surface area contributed by atoms with Gasteiger partial charge in [0, 0.05) is 29.9 Å². The monoisotopic (exact) mass is 425 g/mol. The largest absolute Gasteiger partial charge is 0.508 e. The molecule has 1 aliphatic rings. The van der Waals surface area contributed by atoms with Crippen LogP contribution in [0.2, 0.25) is 0 Å². The maximum absolute atomic E-state index is 14.4. The molecular formula is C24H28FN3O3. The molecule has 6 nitrogen and oxygen atoms in total. The van der Waals surface area contributed by atoms with E-state index in [2.05, 4.69) is 15.2 Å². The second-order valence-electron chi connectivity index (χ2n) is 7.85. The lowest BCUT2D eigenvalue weighted by Gasteiger charge is -2.17. The zero-order chi connectivity index (χ0) is 21.8. The number of anilines is 2. The first kappa shape index (κ1) is 21.2. The van der Waals surface area contributed by atoms with Crippen molar-refractivity contribution in [1.82, 2.24) is 9.88 Å². The van der Waals surface area contributed by atoms with Crippen molar-refractivity contribution < 1.29 is 19.0 Å². The molecule has 1 fully saturated rings. The number of pyridine rings is 1. The number of rotatable bonds is 8. The molecule has 3 aromatic rings. The van der Waals surface area contributed by atoms with Crippen LogP contribution in [0.4, 0.5) is 15.8 Å². The number of aromatic hydroxyl groups is 1. The van der Waals surface area contributed by atoms with Crippen LogP contribution in [0.3, 0.4) is 0 Å². The number of methoxy groups -OCH3 is 1. The molecule has 2 N–H and O–H groups in total. The van der Waals surface area contributed by atoms with E-state index in [1.54, 1.807) is 26.3 Å². The van der Waals surface area contributed by atoms with Crippen LogP contribution in [-0.4, -0.2) is 48.3 Å². The summed E-state index contributed by atoms with van der Waals surface area (Å²) in [4.78, 5) is 6.92. The minimum atomic E-state index is -0.440. The van der Waals surface area contributed by atoms with Gasteiger partial charge in [0.1, 0.15) is 17.1 Å². The number of aryl methyl sites for hydroxylation is 1. The highest BCUT2D eigenvalue weighted by Gasteiger charge is 2.16. The highest BCUT2D eigenvalue weighted by Crippen LogP contribution is 2.38. The second kappa shape index (κ2) is 9.39. The summed E-state index contributed by atoms with van der Waals surface area (Å²) in [6.45, 7) is 5.65. The molecule has 1 saturated heterocycles. The van der Waals surface area contributed by atoms with Crippen LogP contribution in [-0.2, 0) is 0 Å². The average Bonchev–Trinajstić information content (AvgIpc) is 3.28. The van der Waals surface area contributed by atoms with Crippen LogP contribution in [0.25, 0.3) is 10.9 Å². The van der Waals surface area contributed by atoms with Crippen molar-refractivity contribution in [3.05, 3.63) is 47.9 Å². The SMILES string of the molecule is COc1c(OCCCN2CCCC2)ccc2c(Nc3cc(O)c(C)cc3F)ccnc12. The van der Waals surface area contributed by atoms with Crippen LogP contribution in [0.1, 0.15) is 24.8 Å². The molecule has 0 radical (unpaired) electrons. The Labute approximate surface area is 181 Å². The van der Waals surface area contributed by atoms with Crippen LogP contribution < -0.4 is 14.8 Å². The van der Waals surface area contributed by atoms with E-state index in [1.165, 1.54) is 38.1 Å². The van der Waals surface area contributed by atoms with Crippen LogP contribution in [0, 0.1) is 12.7 Å². The van der Waals surface area contributed by atoms with E-state index >= 15 is 0 Å². The predicted octanol–water partition coefficient (Wildman–Crippen LogP) is 5.00. The molecule has 0 spiro atoms. The number of fused-ring (bicyclic) bond motifs is 1. The summed E-state index contributed by atoms with van der Waals surface area (Å²) in [5.74, 6) is 0.782. The van der Waals surface area contributed by atoms with Gasteiger partial charge in [-0.05, 0) is 69.1 Å². The van der Waals surface area contributed by atoms with E-state index in [0.29, 0.717) is 34.9 Å². The molecule has 31 heavy (non-hydrogen) atoms. The first-order valence-electron chi connectivity index (χ1n) is 10.6.